The van der Waals surface area contributed by atoms with Gasteiger partial charge in [0.2, 0.25) is 5.91 Å². The van der Waals surface area contributed by atoms with Crippen LogP contribution in [0.5, 0.6) is 0 Å². The Labute approximate surface area is 152 Å². The van der Waals surface area contributed by atoms with Crippen LogP contribution >= 0.6 is 0 Å². The number of nitrogens with zero attached hydrogens (tertiary/aromatic N) is 2. The van der Waals surface area contributed by atoms with E-state index in [4.69, 9.17) is 5.26 Å². The first-order chi connectivity index (χ1) is 12.6. The lowest BCUT2D eigenvalue weighted by molar-refractivity contribution is -0.128. The van der Waals surface area contributed by atoms with Crippen LogP contribution in [0.25, 0.3) is 0 Å². The predicted octanol–water partition coefficient (Wildman–Crippen LogP) is 2.16. The molecule has 0 bridgehead atoms. The van der Waals surface area contributed by atoms with Gasteiger partial charge in [-0.25, -0.2) is 4.79 Å². The van der Waals surface area contributed by atoms with Crippen LogP contribution in [0.4, 0.5) is 4.79 Å². The maximum absolute atomic E-state index is 12.1. The number of benzene rings is 2. The first-order valence-corrected chi connectivity index (χ1v) is 8.49. The summed E-state index contributed by atoms with van der Waals surface area (Å²) < 4.78 is 0. The largest absolute Gasteiger partial charge is 0.336 e. The van der Waals surface area contributed by atoms with Gasteiger partial charge in [0.1, 0.15) is 0 Å². The molecule has 1 heterocycles. The van der Waals surface area contributed by atoms with Crippen molar-refractivity contribution in [3.8, 4) is 6.07 Å². The summed E-state index contributed by atoms with van der Waals surface area (Å²) in [5.41, 5.74) is 2.48. The SMILES string of the molecule is N#Cc1cccc(CNC(=O)N[C@H]2CC(=O)N(Cc3ccccc3)C2)c1. The maximum atomic E-state index is 12.1. The van der Waals surface area contributed by atoms with Crippen LogP contribution in [0.15, 0.2) is 54.6 Å². The molecule has 6 nitrogen and oxygen atoms in total. The summed E-state index contributed by atoms with van der Waals surface area (Å²) in [6.07, 6.45) is 0.310. The van der Waals surface area contributed by atoms with Gasteiger partial charge in [0.05, 0.1) is 17.7 Å². The van der Waals surface area contributed by atoms with Crippen LogP contribution < -0.4 is 10.6 Å². The molecule has 0 spiro atoms. The van der Waals surface area contributed by atoms with Gasteiger partial charge in [-0.15, -0.1) is 0 Å². The van der Waals surface area contributed by atoms with E-state index in [0.717, 1.165) is 11.1 Å². The molecule has 6 heteroatoms. The van der Waals surface area contributed by atoms with Crippen LogP contribution in [0.2, 0.25) is 0 Å². The molecule has 1 aliphatic heterocycles. The third-order valence-corrected chi connectivity index (χ3v) is 4.28. The van der Waals surface area contributed by atoms with Gasteiger partial charge in [-0.2, -0.15) is 5.26 Å². The Morgan fingerprint density at radius 2 is 1.92 bits per heavy atom. The highest BCUT2D eigenvalue weighted by Crippen LogP contribution is 2.15. The molecule has 132 valence electrons. The molecule has 26 heavy (non-hydrogen) atoms. The van der Waals surface area contributed by atoms with Crippen molar-refractivity contribution in [1.82, 2.24) is 15.5 Å². The summed E-state index contributed by atoms with van der Waals surface area (Å²) in [4.78, 5) is 26.0. The highest BCUT2D eigenvalue weighted by molar-refractivity contribution is 5.81. The Morgan fingerprint density at radius 3 is 2.69 bits per heavy atom. The Morgan fingerprint density at radius 1 is 1.15 bits per heavy atom. The molecule has 0 unspecified atom stereocenters. The summed E-state index contributed by atoms with van der Waals surface area (Å²) in [6.45, 7) is 1.39. The van der Waals surface area contributed by atoms with E-state index in [1.54, 1.807) is 23.1 Å². The summed E-state index contributed by atoms with van der Waals surface area (Å²) >= 11 is 0. The fourth-order valence-corrected chi connectivity index (χ4v) is 3.00. The topological polar surface area (TPSA) is 85.2 Å². The van der Waals surface area contributed by atoms with Crippen molar-refractivity contribution in [3.63, 3.8) is 0 Å². The number of carbonyl (C=O) groups is 2. The molecule has 3 amide bonds. The second kappa shape index (κ2) is 8.17. The molecule has 0 saturated carbocycles. The number of nitriles is 1. The van der Waals surface area contributed by atoms with Crippen LogP contribution in [0, 0.1) is 11.3 Å². The smallest absolute Gasteiger partial charge is 0.315 e. The molecule has 2 N–H and O–H groups in total. The summed E-state index contributed by atoms with van der Waals surface area (Å²) in [5, 5.41) is 14.5. The predicted molar refractivity (Wildman–Crippen MR) is 96.8 cm³/mol. The van der Waals surface area contributed by atoms with Gasteiger partial charge in [-0.1, -0.05) is 42.5 Å². The van der Waals surface area contributed by atoms with Crippen molar-refractivity contribution in [2.24, 2.45) is 0 Å². The zero-order chi connectivity index (χ0) is 18.4. The average molecular weight is 348 g/mol. The lowest BCUT2D eigenvalue weighted by atomic mass is 10.1. The molecule has 1 fully saturated rings. The van der Waals surface area contributed by atoms with Gasteiger partial charge < -0.3 is 15.5 Å². The molecule has 2 aromatic carbocycles. The number of urea groups is 1. The number of amides is 3. The van der Waals surface area contributed by atoms with Crippen LogP contribution in [-0.2, 0) is 17.9 Å². The van der Waals surface area contributed by atoms with Crippen LogP contribution in [0.1, 0.15) is 23.1 Å². The first kappa shape index (κ1) is 17.5. The van der Waals surface area contributed by atoms with E-state index in [0.29, 0.717) is 31.6 Å². The molecule has 1 saturated heterocycles. The Hall–Kier alpha value is -3.33. The Kier molecular flexibility index (Phi) is 5.49. The molecule has 2 aromatic rings. The van der Waals surface area contributed by atoms with E-state index in [1.807, 2.05) is 36.4 Å². The van der Waals surface area contributed by atoms with Gasteiger partial charge in [-0.05, 0) is 23.3 Å². The van der Waals surface area contributed by atoms with E-state index in [-0.39, 0.29) is 18.0 Å². The fourth-order valence-electron chi connectivity index (χ4n) is 3.00. The normalized spacial score (nSPS) is 16.2. The molecule has 1 aliphatic rings. The van der Waals surface area contributed by atoms with Gasteiger partial charge >= 0.3 is 6.03 Å². The minimum atomic E-state index is -0.313. The van der Waals surface area contributed by atoms with Crippen LogP contribution in [0.3, 0.4) is 0 Å². The van der Waals surface area contributed by atoms with E-state index in [1.165, 1.54) is 0 Å². The zero-order valence-electron chi connectivity index (χ0n) is 14.3. The number of carbonyl (C=O) groups excluding carboxylic acids is 2. The van der Waals surface area contributed by atoms with Crippen LogP contribution in [-0.4, -0.2) is 29.4 Å². The quantitative estimate of drug-likeness (QED) is 0.868. The van der Waals surface area contributed by atoms with Crippen molar-refractivity contribution >= 4 is 11.9 Å². The van der Waals surface area contributed by atoms with E-state index >= 15 is 0 Å². The summed E-state index contributed by atoms with van der Waals surface area (Å²) in [6, 6.07) is 18.4. The molecule has 0 aromatic heterocycles. The lowest BCUT2D eigenvalue weighted by Gasteiger charge is -2.17. The van der Waals surface area contributed by atoms with Crippen molar-refractivity contribution in [2.75, 3.05) is 6.54 Å². The maximum Gasteiger partial charge on any atom is 0.315 e. The molecule has 3 rings (SSSR count). The van der Waals surface area contributed by atoms with E-state index in [9.17, 15) is 9.59 Å². The number of hydrogen-bond donors (Lipinski definition) is 2. The summed E-state index contributed by atoms with van der Waals surface area (Å²) in [5.74, 6) is 0.0425. The van der Waals surface area contributed by atoms with Crippen molar-refractivity contribution in [2.45, 2.75) is 25.6 Å². The second-order valence-electron chi connectivity index (χ2n) is 6.30. The molecule has 0 radical (unpaired) electrons. The van der Waals surface area contributed by atoms with Gasteiger partial charge in [0, 0.05) is 26.1 Å². The Balaban J connectivity index is 1.47. The molecular weight excluding hydrogens is 328 g/mol. The fraction of sp³-hybridized carbons (Fsp3) is 0.250. The summed E-state index contributed by atoms with van der Waals surface area (Å²) in [7, 11) is 0. The van der Waals surface area contributed by atoms with Gasteiger partial charge in [0.15, 0.2) is 0 Å². The average Bonchev–Trinajstić information content (AvgIpc) is 3.00. The number of nitrogens with one attached hydrogen (secondary N) is 2. The van der Waals surface area contributed by atoms with E-state index in [2.05, 4.69) is 16.7 Å². The third-order valence-electron chi connectivity index (χ3n) is 4.28. The van der Waals surface area contributed by atoms with Crippen molar-refractivity contribution in [3.05, 3.63) is 71.3 Å². The third kappa shape index (κ3) is 4.61. The first-order valence-electron chi connectivity index (χ1n) is 8.49. The zero-order valence-corrected chi connectivity index (χ0v) is 14.3. The number of hydrogen-bond acceptors (Lipinski definition) is 3. The van der Waals surface area contributed by atoms with Gasteiger partial charge in [-0.3, -0.25) is 4.79 Å². The second-order valence-corrected chi connectivity index (χ2v) is 6.30. The number of rotatable bonds is 5. The molecular formula is C20H20N4O2. The number of likely N-dealkylation sites (tertiary alicyclic amines) is 1. The molecule has 1 atom stereocenters. The van der Waals surface area contributed by atoms with Crippen molar-refractivity contribution in [1.29, 1.82) is 5.26 Å². The highest BCUT2D eigenvalue weighted by atomic mass is 16.2. The highest BCUT2D eigenvalue weighted by Gasteiger charge is 2.30. The van der Waals surface area contributed by atoms with E-state index < -0.39 is 0 Å². The monoisotopic (exact) mass is 348 g/mol. The molecule has 0 aliphatic carbocycles. The minimum Gasteiger partial charge on any atom is -0.336 e. The lowest BCUT2D eigenvalue weighted by Crippen LogP contribution is -2.43. The minimum absolute atomic E-state index is 0.0425. The standard InChI is InChI=1S/C20H20N4O2/c21-11-16-7-4-8-17(9-16)12-22-20(26)23-18-10-19(25)24(14-18)13-15-5-2-1-3-6-15/h1-9,18H,10,12-14H2,(H2,22,23,26)/t18-/m0/s1. The van der Waals surface area contributed by atoms with Crippen molar-refractivity contribution < 1.29 is 9.59 Å². The Bertz CT molecular complexity index is 829. The van der Waals surface area contributed by atoms with Gasteiger partial charge in [0.25, 0.3) is 0 Å².